The van der Waals surface area contributed by atoms with Crippen molar-refractivity contribution in [3.63, 3.8) is 0 Å². The van der Waals surface area contributed by atoms with Crippen molar-refractivity contribution in [3.05, 3.63) is 54.1 Å². The third-order valence-electron chi connectivity index (χ3n) is 6.61. The molecule has 1 aromatic heterocycles. The first kappa shape index (κ1) is 23.3. The number of nitrogens with zero attached hydrogens (tertiary/aromatic N) is 3. The molecule has 0 saturated heterocycles. The maximum atomic E-state index is 13.3. The lowest BCUT2D eigenvalue weighted by atomic mass is 10.0. The van der Waals surface area contributed by atoms with Crippen molar-refractivity contribution in [3.8, 4) is 22.1 Å². The van der Waals surface area contributed by atoms with E-state index in [2.05, 4.69) is 15.5 Å². The summed E-state index contributed by atoms with van der Waals surface area (Å²) in [5.41, 5.74) is 1.91. The van der Waals surface area contributed by atoms with Crippen LogP contribution in [0.4, 0.5) is 5.13 Å². The molecule has 0 bridgehead atoms. The molecule has 0 spiro atoms. The van der Waals surface area contributed by atoms with E-state index in [1.807, 2.05) is 60.4 Å². The minimum Gasteiger partial charge on any atom is -0.454 e. The third-order valence-corrected chi connectivity index (χ3v) is 7.50. The summed E-state index contributed by atoms with van der Waals surface area (Å²) < 4.78 is 10.8. The lowest BCUT2D eigenvalue weighted by molar-refractivity contribution is -0.138. The maximum absolute atomic E-state index is 13.3. The standard InChI is InChI=1S/C26H28N4O4S/c1-17(18-7-3-2-4-8-18)30(25(32)19-9-5-6-10-19)14-13-23(31)27-26-29-28-24(35-26)20-11-12-21-22(15-20)34-16-33-21/h2-4,7-8,11-12,15,17,19H,5-6,9-10,13-14,16H2,1H3,(H,27,29,31)/t17-/m0/s1. The van der Waals surface area contributed by atoms with Crippen LogP contribution in [0.15, 0.2) is 48.5 Å². The summed E-state index contributed by atoms with van der Waals surface area (Å²) in [7, 11) is 0. The summed E-state index contributed by atoms with van der Waals surface area (Å²) in [6.45, 7) is 2.59. The molecule has 1 atom stereocenters. The molecule has 1 fully saturated rings. The number of carbonyl (C=O) groups excluding carboxylic acids is 2. The highest BCUT2D eigenvalue weighted by Crippen LogP contribution is 2.37. The van der Waals surface area contributed by atoms with E-state index in [0.29, 0.717) is 28.2 Å². The smallest absolute Gasteiger partial charge is 0.231 e. The number of anilines is 1. The predicted molar refractivity (Wildman–Crippen MR) is 133 cm³/mol. The number of ether oxygens (including phenoxy) is 2. The zero-order valence-electron chi connectivity index (χ0n) is 19.6. The van der Waals surface area contributed by atoms with Crippen molar-refractivity contribution >= 4 is 28.3 Å². The third kappa shape index (κ3) is 5.30. The number of carbonyl (C=O) groups is 2. The van der Waals surface area contributed by atoms with Gasteiger partial charge in [0.1, 0.15) is 5.01 Å². The van der Waals surface area contributed by atoms with Crippen molar-refractivity contribution in [2.75, 3.05) is 18.7 Å². The number of fused-ring (bicyclic) bond motifs is 1. The van der Waals surface area contributed by atoms with Crippen LogP contribution < -0.4 is 14.8 Å². The second kappa shape index (κ2) is 10.4. The zero-order chi connectivity index (χ0) is 24.2. The molecule has 1 N–H and O–H groups in total. The molecule has 9 heteroatoms. The summed E-state index contributed by atoms with van der Waals surface area (Å²) in [4.78, 5) is 28.0. The first-order valence-electron chi connectivity index (χ1n) is 12.0. The van der Waals surface area contributed by atoms with Crippen molar-refractivity contribution < 1.29 is 19.1 Å². The second-order valence-corrected chi connectivity index (χ2v) is 9.86. The van der Waals surface area contributed by atoms with Crippen molar-refractivity contribution in [2.24, 2.45) is 5.92 Å². The summed E-state index contributed by atoms with van der Waals surface area (Å²) in [6.07, 6.45) is 4.22. The minimum absolute atomic E-state index is 0.0524. The van der Waals surface area contributed by atoms with Crippen LogP contribution in [-0.2, 0) is 9.59 Å². The molecule has 1 aliphatic carbocycles. The molecule has 5 rings (SSSR count). The molecule has 2 heterocycles. The summed E-state index contributed by atoms with van der Waals surface area (Å²) >= 11 is 1.29. The summed E-state index contributed by atoms with van der Waals surface area (Å²) in [5, 5.41) is 12.3. The number of hydrogen-bond acceptors (Lipinski definition) is 7. The van der Waals surface area contributed by atoms with Gasteiger partial charge in [-0.05, 0) is 43.5 Å². The largest absolute Gasteiger partial charge is 0.454 e. The van der Waals surface area contributed by atoms with Gasteiger partial charge in [0.25, 0.3) is 0 Å². The molecule has 182 valence electrons. The van der Waals surface area contributed by atoms with Gasteiger partial charge in [-0.2, -0.15) is 0 Å². The predicted octanol–water partition coefficient (Wildman–Crippen LogP) is 5.04. The van der Waals surface area contributed by atoms with Crippen LogP contribution in [0.3, 0.4) is 0 Å². The van der Waals surface area contributed by atoms with Gasteiger partial charge in [0.05, 0.1) is 6.04 Å². The Morgan fingerprint density at radius 3 is 2.66 bits per heavy atom. The fraction of sp³-hybridized carbons (Fsp3) is 0.385. The first-order valence-corrected chi connectivity index (χ1v) is 12.8. The van der Waals surface area contributed by atoms with Gasteiger partial charge in [-0.15, -0.1) is 10.2 Å². The van der Waals surface area contributed by atoms with Crippen LogP contribution in [0.1, 0.15) is 50.6 Å². The highest BCUT2D eigenvalue weighted by Gasteiger charge is 2.30. The van der Waals surface area contributed by atoms with Crippen LogP contribution in [0.2, 0.25) is 0 Å². The van der Waals surface area contributed by atoms with Gasteiger partial charge in [0.2, 0.25) is 23.7 Å². The van der Waals surface area contributed by atoms with Gasteiger partial charge in [0.15, 0.2) is 11.5 Å². The second-order valence-electron chi connectivity index (χ2n) is 8.88. The summed E-state index contributed by atoms with van der Waals surface area (Å²) in [6, 6.07) is 15.4. The molecule has 0 radical (unpaired) electrons. The molecule has 35 heavy (non-hydrogen) atoms. The van der Waals surface area contributed by atoms with Gasteiger partial charge in [-0.25, -0.2) is 0 Å². The topological polar surface area (TPSA) is 93.7 Å². The van der Waals surface area contributed by atoms with Crippen molar-refractivity contribution in [2.45, 2.75) is 45.1 Å². The van der Waals surface area contributed by atoms with Gasteiger partial charge in [-0.3, -0.25) is 9.59 Å². The van der Waals surface area contributed by atoms with Crippen LogP contribution in [0.25, 0.3) is 10.6 Å². The van der Waals surface area contributed by atoms with E-state index in [4.69, 9.17) is 9.47 Å². The van der Waals surface area contributed by atoms with Crippen molar-refractivity contribution in [1.29, 1.82) is 0 Å². The number of rotatable bonds is 8. The van der Waals surface area contributed by atoms with E-state index in [1.54, 1.807) is 0 Å². The molecular formula is C26H28N4O4S. The minimum atomic E-state index is -0.192. The fourth-order valence-electron chi connectivity index (χ4n) is 4.64. The van der Waals surface area contributed by atoms with Gasteiger partial charge >= 0.3 is 0 Å². The lowest BCUT2D eigenvalue weighted by Gasteiger charge is -2.32. The average Bonchev–Trinajstić information content (AvgIpc) is 3.66. The number of amides is 2. The Morgan fingerprint density at radius 1 is 1.09 bits per heavy atom. The van der Waals surface area contributed by atoms with E-state index in [9.17, 15) is 9.59 Å². The molecule has 0 unspecified atom stereocenters. The molecule has 3 aromatic rings. The number of nitrogens with one attached hydrogen (secondary N) is 1. The quantitative estimate of drug-likeness (QED) is 0.473. The molecule has 8 nitrogen and oxygen atoms in total. The molecule has 2 amide bonds. The molecule has 2 aromatic carbocycles. The van der Waals surface area contributed by atoms with Gasteiger partial charge in [-0.1, -0.05) is 54.5 Å². The molecule has 2 aliphatic rings. The first-order chi connectivity index (χ1) is 17.1. The monoisotopic (exact) mass is 492 g/mol. The van der Waals surface area contributed by atoms with E-state index in [-0.39, 0.29) is 37.0 Å². The number of aromatic nitrogens is 2. The Labute approximate surface area is 208 Å². The van der Waals surface area contributed by atoms with Crippen LogP contribution in [0.5, 0.6) is 11.5 Å². The highest BCUT2D eigenvalue weighted by atomic mass is 32.1. The van der Waals surface area contributed by atoms with E-state index in [0.717, 1.165) is 36.8 Å². The van der Waals surface area contributed by atoms with Crippen molar-refractivity contribution in [1.82, 2.24) is 15.1 Å². The Bertz CT molecular complexity index is 1190. The molecule has 1 saturated carbocycles. The molecule has 1 aliphatic heterocycles. The number of benzene rings is 2. The Balaban J connectivity index is 1.23. The fourth-order valence-corrected chi connectivity index (χ4v) is 5.39. The van der Waals surface area contributed by atoms with Gasteiger partial charge < -0.3 is 19.7 Å². The van der Waals surface area contributed by atoms with Crippen LogP contribution in [0, 0.1) is 5.92 Å². The lowest BCUT2D eigenvalue weighted by Crippen LogP contribution is -2.39. The van der Waals surface area contributed by atoms with Crippen LogP contribution >= 0.6 is 11.3 Å². The highest BCUT2D eigenvalue weighted by molar-refractivity contribution is 7.18. The van der Waals surface area contributed by atoms with Gasteiger partial charge in [0, 0.05) is 24.4 Å². The average molecular weight is 493 g/mol. The normalized spacial score (nSPS) is 15.7. The number of hydrogen-bond donors (Lipinski definition) is 1. The molecular weight excluding hydrogens is 464 g/mol. The Kier molecular flexibility index (Phi) is 6.94. The Hall–Kier alpha value is -3.46. The van der Waals surface area contributed by atoms with E-state index in [1.165, 1.54) is 11.3 Å². The maximum Gasteiger partial charge on any atom is 0.231 e. The summed E-state index contributed by atoms with van der Waals surface area (Å²) in [5.74, 6) is 1.38. The van der Waals surface area contributed by atoms with Crippen LogP contribution in [-0.4, -0.2) is 40.2 Å². The van der Waals surface area contributed by atoms with E-state index >= 15 is 0 Å². The zero-order valence-corrected chi connectivity index (χ0v) is 20.4. The van der Waals surface area contributed by atoms with E-state index < -0.39 is 0 Å². The Morgan fingerprint density at radius 2 is 1.86 bits per heavy atom. The SMILES string of the molecule is C[C@@H](c1ccccc1)N(CCC(=O)Nc1nnc(-c2ccc3c(c2)OCO3)s1)C(=O)C1CCCC1.